The number of hydrogen-bond acceptors (Lipinski definition) is 5. The van der Waals surface area contributed by atoms with Gasteiger partial charge in [-0.2, -0.15) is 0 Å². The van der Waals surface area contributed by atoms with E-state index in [2.05, 4.69) is 10.6 Å². The first-order valence-electron chi connectivity index (χ1n) is 10.6. The van der Waals surface area contributed by atoms with Crippen LogP contribution in [0.25, 0.3) is 0 Å². The van der Waals surface area contributed by atoms with Crippen LogP contribution in [0.1, 0.15) is 35.2 Å². The maximum atomic E-state index is 12.1. The van der Waals surface area contributed by atoms with Gasteiger partial charge in [0.15, 0.2) is 0 Å². The predicted molar refractivity (Wildman–Crippen MR) is 123 cm³/mol. The van der Waals surface area contributed by atoms with E-state index >= 15 is 0 Å². The summed E-state index contributed by atoms with van der Waals surface area (Å²) in [6, 6.07) is 14.4. The van der Waals surface area contributed by atoms with E-state index in [4.69, 9.17) is 16.2 Å². The zero-order chi connectivity index (χ0) is 22.5. The van der Waals surface area contributed by atoms with E-state index < -0.39 is 0 Å². The number of nitrogen functional groups attached to an aromatic ring is 1. The first-order chi connectivity index (χ1) is 15.0. The van der Waals surface area contributed by atoms with Gasteiger partial charge >= 0.3 is 6.03 Å². The van der Waals surface area contributed by atoms with Gasteiger partial charge in [-0.05, 0) is 61.2 Å². The minimum absolute atomic E-state index is 0.122. The van der Waals surface area contributed by atoms with Gasteiger partial charge in [-0.1, -0.05) is 12.1 Å². The molecule has 8 nitrogen and oxygen atoms in total. The van der Waals surface area contributed by atoms with Gasteiger partial charge in [0.05, 0.1) is 6.61 Å². The lowest BCUT2D eigenvalue weighted by atomic mass is 10.2. The molecule has 31 heavy (non-hydrogen) atoms. The number of nitrogens with one attached hydrogen (secondary N) is 2. The molecule has 0 saturated heterocycles. The Bertz CT molecular complexity index is 809. The molecular weight excluding hydrogens is 394 g/mol. The molecule has 0 unspecified atom stereocenters. The van der Waals surface area contributed by atoms with Crippen LogP contribution in [0, 0.1) is 0 Å². The Kier molecular flexibility index (Phi) is 10.2. The quantitative estimate of drug-likeness (QED) is 0.306. The minimum atomic E-state index is -0.150. The zero-order valence-electron chi connectivity index (χ0n) is 18.1. The standard InChI is InChI=1S/C23H33N5O3/c1-26-23(30)28(14-2-3-16-31-21-11-5-18(17-24)6-12-21)15-4-13-27-22(29)19-7-9-20(25)10-8-19/h5-12H,2-4,13-17,24-25H2,1H3,(H,26,30)(H,27,29). The molecule has 0 spiro atoms. The van der Waals surface area contributed by atoms with E-state index in [1.165, 1.54) is 0 Å². The number of nitrogens with zero attached hydrogens (tertiary/aromatic N) is 1. The number of rotatable bonds is 12. The minimum Gasteiger partial charge on any atom is -0.494 e. The molecule has 2 aromatic rings. The van der Waals surface area contributed by atoms with Crippen molar-refractivity contribution in [3.8, 4) is 5.75 Å². The van der Waals surface area contributed by atoms with Crippen molar-refractivity contribution in [2.24, 2.45) is 5.73 Å². The number of carbonyl (C=O) groups is 2. The number of urea groups is 1. The molecule has 0 fully saturated rings. The van der Waals surface area contributed by atoms with Gasteiger partial charge in [0, 0.05) is 44.5 Å². The van der Waals surface area contributed by atoms with Gasteiger partial charge < -0.3 is 31.7 Å². The summed E-state index contributed by atoms with van der Waals surface area (Å²) >= 11 is 0. The number of anilines is 1. The number of unbranched alkanes of at least 4 members (excludes halogenated alkanes) is 1. The lowest BCUT2D eigenvalue weighted by Gasteiger charge is -2.22. The van der Waals surface area contributed by atoms with Crippen molar-refractivity contribution in [2.75, 3.05) is 39.0 Å². The van der Waals surface area contributed by atoms with Crippen molar-refractivity contribution in [2.45, 2.75) is 25.8 Å². The third-order valence-electron chi connectivity index (χ3n) is 4.81. The van der Waals surface area contributed by atoms with Gasteiger partial charge in [0.2, 0.25) is 0 Å². The van der Waals surface area contributed by atoms with Gasteiger partial charge in [-0.3, -0.25) is 4.79 Å². The largest absolute Gasteiger partial charge is 0.494 e. The van der Waals surface area contributed by atoms with Crippen molar-refractivity contribution in [3.63, 3.8) is 0 Å². The normalized spacial score (nSPS) is 10.4. The molecule has 8 heteroatoms. The molecule has 3 amide bonds. The fourth-order valence-corrected chi connectivity index (χ4v) is 3.00. The molecular formula is C23H33N5O3. The average Bonchev–Trinajstić information content (AvgIpc) is 2.80. The second-order valence-corrected chi connectivity index (χ2v) is 7.18. The summed E-state index contributed by atoms with van der Waals surface area (Å²) in [5, 5.41) is 5.54. The second kappa shape index (κ2) is 13.1. The lowest BCUT2D eigenvalue weighted by molar-refractivity contribution is 0.0952. The van der Waals surface area contributed by atoms with Gasteiger partial charge in [-0.25, -0.2) is 4.79 Å². The third kappa shape index (κ3) is 8.55. The fraction of sp³-hybridized carbons (Fsp3) is 0.391. The first-order valence-corrected chi connectivity index (χ1v) is 10.6. The van der Waals surface area contributed by atoms with E-state index in [0.717, 1.165) is 24.2 Å². The van der Waals surface area contributed by atoms with Crippen LogP contribution >= 0.6 is 0 Å². The highest BCUT2D eigenvalue weighted by Crippen LogP contribution is 2.12. The lowest BCUT2D eigenvalue weighted by Crippen LogP contribution is -2.40. The van der Waals surface area contributed by atoms with Gasteiger partial charge in [0.1, 0.15) is 5.75 Å². The highest BCUT2D eigenvalue weighted by molar-refractivity contribution is 5.94. The van der Waals surface area contributed by atoms with Crippen LogP contribution in [0.4, 0.5) is 10.5 Å². The molecule has 0 aliphatic carbocycles. The maximum absolute atomic E-state index is 12.1. The smallest absolute Gasteiger partial charge is 0.317 e. The molecule has 0 bridgehead atoms. The monoisotopic (exact) mass is 427 g/mol. The molecule has 2 aromatic carbocycles. The Balaban J connectivity index is 1.65. The molecule has 2 rings (SSSR count). The summed E-state index contributed by atoms with van der Waals surface area (Å²) in [6.45, 7) is 2.77. The van der Waals surface area contributed by atoms with Crippen LogP contribution in [0.2, 0.25) is 0 Å². The molecule has 168 valence electrons. The Labute approximate surface area is 183 Å². The topological polar surface area (TPSA) is 123 Å². The Morgan fingerprint density at radius 1 is 0.968 bits per heavy atom. The third-order valence-corrected chi connectivity index (χ3v) is 4.81. The number of ether oxygens (including phenoxy) is 1. The van der Waals surface area contributed by atoms with Gasteiger partial charge in [-0.15, -0.1) is 0 Å². The molecule has 0 atom stereocenters. The van der Waals surface area contributed by atoms with Crippen LogP contribution in [0.3, 0.4) is 0 Å². The van der Waals surface area contributed by atoms with Crippen LogP contribution < -0.4 is 26.8 Å². The molecule has 0 aliphatic heterocycles. The average molecular weight is 428 g/mol. The summed E-state index contributed by atoms with van der Waals surface area (Å²) in [4.78, 5) is 26.0. The van der Waals surface area contributed by atoms with E-state index in [1.807, 2.05) is 24.3 Å². The number of carbonyl (C=O) groups excluding carboxylic acids is 2. The zero-order valence-corrected chi connectivity index (χ0v) is 18.1. The highest BCUT2D eigenvalue weighted by Gasteiger charge is 2.11. The maximum Gasteiger partial charge on any atom is 0.317 e. The fourth-order valence-electron chi connectivity index (χ4n) is 3.00. The molecule has 0 saturated carbocycles. The number of benzene rings is 2. The molecule has 0 aliphatic rings. The Morgan fingerprint density at radius 3 is 2.29 bits per heavy atom. The van der Waals surface area contributed by atoms with Crippen molar-refractivity contribution in [3.05, 3.63) is 59.7 Å². The van der Waals surface area contributed by atoms with Crippen molar-refractivity contribution in [1.82, 2.24) is 15.5 Å². The molecule has 0 heterocycles. The molecule has 6 N–H and O–H groups in total. The summed E-state index contributed by atoms with van der Waals surface area (Å²) in [6.07, 6.45) is 2.32. The van der Waals surface area contributed by atoms with Crippen molar-refractivity contribution < 1.29 is 14.3 Å². The summed E-state index contributed by atoms with van der Waals surface area (Å²) in [7, 11) is 1.62. The second-order valence-electron chi connectivity index (χ2n) is 7.18. The van der Waals surface area contributed by atoms with Crippen LogP contribution in [-0.2, 0) is 6.54 Å². The highest BCUT2D eigenvalue weighted by atomic mass is 16.5. The van der Waals surface area contributed by atoms with E-state index in [1.54, 1.807) is 36.2 Å². The van der Waals surface area contributed by atoms with E-state index in [0.29, 0.717) is 50.5 Å². The first kappa shape index (κ1) is 24.0. The predicted octanol–water partition coefficient (Wildman–Crippen LogP) is 2.35. The Morgan fingerprint density at radius 2 is 1.65 bits per heavy atom. The van der Waals surface area contributed by atoms with Crippen molar-refractivity contribution >= 4 is 17.6 Å². The molecule has 0 radical (unpaired) electrons. The number of nitrogens with two attached hydrogens (primary N) is 2. The van der Waals surface area contributed by atoms with E-state index in [9.17, 15) is 9.59 Å². The summed E-state index contributed by atoms with van der Waals surface area (Å²) < 4.78 is 5.73. The van der Waals surface area contributed by atoms with Gasteiger partial charge in [0.25, 0.3) is 5.91 Å². The molecule has 0 aromatic heterocycles. The number of hydrogen-bond donors (Lipinski definition) is 4. The van der Waals surface area contributed by atoms with Crippen LogP contribution in [-0.4, -0.2) is 50.1 Å². The van der Waals surface area contributed by atoms with E-state index in [-0.39, 0.29) is 11.9 Å². The summed E-state index contributed by atoms with van der Waals surface area (Å²) in [5.74, 6) is 0.667. The van der Waals surface area contributed by atoms with Crippen LogP contribution in [0.15, 0.2) is 48.5 Å². The Hall–Kier alpha value is -3.26. The summed E-state index contributed by atoms with van der Waals surface area (Å²) in [5.41, 5.74) is 13.5. The SMILES string of the molecule is CNC(=O)N(CCCCOc1ccc(CN)cc1)CCCNC(=O)c1ccc(N)cc1. The number of amides is 3. The van der Waals surface area contributed by atoms with Crippen LogP contribution in [0.5, 0.6) is 5.75 Å². The van der Waals surface area contributed by atoms with Crippen molar-refractivity contribution in [1.29, 1.82) is 0 Å².